The summed E-state index contributed by atoms with van der Waals surface area (Å²) in [5.74, 6) is 0.263. The van der Waals surface area contributed by atoms with Gasteiger partial charge >= 0.3 is 0 Å². The largest absolute Gasteiger partial charge is 0.335 e. The first-order valence-electron chi connectivity index (χ1n) is 6.68. The number of carbonyl (C=O) groups excluding carboxylic acids is 1. The van der Waals surface area contributed by atoms with Gasteiger partial charge in [0.25, 0.3) is 0 Å². The topological polar surface area (TPSA) is 45.2 Å². The predicted molar refractivity (Wildman–Crippen MR) is 71.4 cm³/mol. The van der Waals surface area contributed by atoms with Gasteiger partial charge in [-0.05, 0) is 32.6 Å². The molecule has 1 aromatic heterocycles. The maximum absolute atomic E-state index is 12.3. The molecule has 5 heteroatoms. The number of nitrogens with one attached hydrogen (secondary N) is 1. The Balaban J connectivity index is 1.62. The van der Waals surface area contributed by atoms with E-state index in [0.29, 0.717) is 12.6 Å². The van der Waals surface area contributed by atoms with Crippen molar-refractivity contribution in [3.8, 4) is 0 Å². The standard InChI is InChI=1S/C13H19N3OS/c1-9-14-11(8-18-9)7-16-6-2-3-12(13(16)17)15-10-4-5-10/h8,10,12,15H,2-7H2,1H3. The lowest BCUT2D eigenvalue weighted by Crippen LogP contribution is -2.50. The van der Waals surface area contributed by atoms with Crippen molar-refractivity contribution < 1.29 is 4.79 Å². The number of aromatic nitrogens is 1. The van der Waals surface area contributed by atoms with Crippen molar-refractivity contribution in [2.24, 2.45) is 0 Å². The monoisotopic (exact) mass is 265 g/mol. The number of hydrogen-bond donors (Lipinski definition) is 1. The van der Waals surface area contributed by atoms with Crippen LogP contribution >= 0.6 is 11.3 Å². The van der Waals surface area contributed by atoms with Crippen LogP contribution in [0.4, 0.5) is 0 Å². The normalized spacial score (nSPS) is 24.6. The number of hydrogen-bond acceptors (Lipinski definition) is 4. The van der Waals surface area contributed by atoms with Gasteiger partial charge in [0.05, 0.1) is 23.3 Å². The first-order chi connectivity index (χ1) is 8.72. The van der Waals surface area contributed by atoms with Gasteiger partial charge in [0.2, 0.25) is 5.91 Å². The van der Waals surface area contributed by atoms with E-state index in [1.165, 1.54) is 12.8 Å². The van der Waals surface area contributed by atoms with Crippen LogP contribution in [0.15, 0.2) is 5.38 Å². The summed E-state index contributed by atoms with van der Waals surface area (Å²) in [6.45, 7) is 3.55. The predicted octanol–water partition coefficient (Wildman–Crippen LogP) is 1.69. The minimum absolute atomic E-state index is 0.0472. The summed E-state index contributed by atoms with van der Waals surface area (Å²) in [4.78, 5) is 18.7. The molecule has 0 aromatic carbocycles. The average Bonchev–Trinajstić information content (AvgIpc) is 3.07. The van der Waals surface area contributed by atoms with E-state index in [-0.39, 0.29) is 11.9 Å². The molecule has 1 N–H and O–H groups in total. The molecule has 0 spiro atoms. The molecule has 1 aliphatic carbocycles. The van der Waals surface area contributed by atoms with E-state index in [1.54, 1.807) is 11.3 Å². The lowest BCUT2D eigenvalue weighted by molar-refractivity contribution is -0.136. The fourth-order valence-electron chi connectivity index (χ4n) is 2.46. The van der Waals surface area contributed by atoms with Crippen molar-refractivity contribution in [3.63, 3.8) is 0 Å². The molecule has 1 saturated carbocycles. The number of rotatable bonds is 4. The Morgan fingerprint density at radius 1 is 1.50 bits per heavy atom. The van der Waals surface area contributed by atoms with Crippen LogP contribution in [0.5, 0.6) is 0 Å². The summed E-state index contributed by atoms with van der Waals surface area (Å²) in [5, 5.41) is 6.58. The molecule has 2 fully saturated rings. The van der Waals surface area contributed by atoms with E-state index in [1.807, 2.05) is 11.8 Å². The second kappa shape index (κ2) is 4.97. The van der Waals surface area contributed by atoms with Gasteiger partial charge in [-0.25, -0.2) is 4.98 Å². The van der Waals surface area contributed by atoms with Crippen molar-refractivity contribution in [2.45, 2.75) is 51.2 Å². The number of nitrogens with zero attached hydrogens (tertiary/aromatic N) is 2. The molecule has 1 atom stereocenters. The Bertz CT molecular complexity index is 441. The fourth-order valence-corrected chi connectivity index (χ4v) is 3.07. The summed E-state index contributed by atoms with van der Waals surface area (Å²) < 4.78 is 0. The Morgan fingerprint density at radius 2 is 2.33 bits per heavy atom. The highest BCUT2D eigenvalue weighted by atomic mass is 32.1. The molecule has 98 valence electrons. The number of carbonyl (C=O) groups is 1. The molecule has 4 nitrogen and oxygen atoms in total. The van der Waals surface area contributed by atoms with Crippen LogP contribution in [0.3, 0.4) is 0 Å². The van der Waals surface area contributed by atoms with E-state index in [2.05, 4.69) is 15.7 Å². The summed E-state index contributed by atoms with van der Waals surface area (Å²) in [6, 6.07) is 0.645. The highest BCUT2D eigenvalue weighted by Crippen LogP contribution is 2.23. The molecule has 1 saturated heterocycles. The SMILES string of the molecule is Cc1nc(CN2CCCC(NC3CC3)C2=O)cs1. The van der Waals surface area contributed by atoms with Gasteiger partial charge < -0.3 is 10.2 Å². The van der Waals surface area contributed by atoms with E-state index >= 15 is 0 Å². The van der Waals surface area contributed by atoms with E-state index < -0.39 is 0 Å². The van der Waals surface area contributed by atoms with Crippen molar-refractivity contribution >= 4 is 17.2 Å². The van der Waals surface area contributed by atoms with E-state index in [4.69, 9.17) is 0 Å². The smallest absolute Gasteiger partial charge is 0.240 e. The average molecular weight is 265 g/mol. The van der Waals surface area contributed by atoms with Crippen LogP contribution in [0.25, 0.3) is 0 Å². The third kappa shape index (κ3) is 2.72. The number of amides is 1. The van der Waals surface area contributed by atoms with Gasteiger partial charge in [0.15, 0.2) is 0 Å². The fraction of sp³-hybridized carbons (Fsp3) is 0.692. The summed E-state index contributed by atoms with van der Waals surface area (Å²) in [5.41, 5.74) is 1.03. The maximum Gasteiger partial charge on any atom is 0.240 e. The molecule has 1 aromatic rings. The highest BCUT2D eigenvalue weighted by molar-refractivity contribution is 7.09. The molecule has 2 heterocycles. The third-order valence-electron chi connectivity index (χ3n) is 3.56. The lowest BCUT2D eigenvalue weighted by atomic mass is 10.0. The molecule has 18 heavy (non-hydrogen) atoms. The van der Waals surface area contributed by atoms with Crippen LogP contribution in [0.1, 0.15) is 36.4 Å². The molecule has 3 rings (SSSR count). The number of aryl methyl sites for hydroxylation is 1. The van der Waals surface area contributed by atoms with Crippen molar-refractivity contribution in [3.05, 3.63) is 16.1 Å². The molecular formula is C13H19N3OS. The van der Waals surface area contributed by atoms with Crippen molar-refractivity contribution in [2.75, 3.05) is 6.54 Å². The highest BCUT2D eigenvalue weighted by Gasteiger charge is 2.33. The van der Waals surface area contributed by atoms with Gasteiger partial charge in [0, 0.05) is 18.0 Å². The van der Waals surface area contributed by atoms with Crippen molar-refractivity contribution in [1.29, 1.82) is 0 Å². The van der Waals surface area contributed by atoms with Gasteiger partial charge in [0.1, 0.15) is 0 Å². The zero-order valence-electron chi connectivity index (χ0n) is 10.7. The third-order valence-corrected chi connectivity index (χ3v) is 4.39. The van der Waals surface area contributed by atoms with Gasteiger partial charge in [-0.2, -0.15) is 0 Å². The van der Waals surface area contributed by atoms with Crippen LogP contribution in [0, 0.1) is 6.92 Å². The van der Waals surface area contributed by atoms with Crippen LogP contribution < -0.4 is 5.32 Å². The summed E-state index contributed by atoms with van der Waals surface area (Å²) >= 11 is 1.65. The second-order valence-corrected chi connectivity index (χ2v) is 6.32. The van der Waals surface area contributed by atoms with Crippen LogP contribution in [-0.2, 0) is 11.3 Å². The lowest BCUT2D eigenvalue weighted by Gasteiger charge is -2.32. The molecular weight excluding hydrogens is 246 g/mol. The van der Waals surface area contributed by atoms with Crippen molar-refractivity contribution in [1.82, 2.24) is 15.2 Å². The Hall–Kier alpha value is -0.940. The van der Waals surface area contributed by atoms with Gasteiger partial charge in [-0.3, -0.25) is 4.79 Å². The van der Waals surface area contributed by atoms with Gasteiger partial charge in [-0.1, -0.05) is 0 Å². The zero-order chi connectivity index (χ0) is 12.5. The van der Waals surface area contributed by atoms with Gasteiger partial charge in [-0.15, -0.1) is 11.3 Å². The van der Waals surface area contributed by atoms with E-state index in [9.17, 15) is 4.79 Å². The minimum Gasteiger partial charge on any atom is -0.335 e. The molecule has 0 bridgehead atoms. The van der Waals surface area contributed by atoms with Crippen LogP contribution in [-0.4, -0.2) is 34.4 Å². The molecule has 0 radical (unpaired) electrons. The van der Waals surface area contributed by atoms with Crippen LogP contribution in [0.2, 0.25) is 0 Å². The quantitative estimate of drug-likeness (QED) is 0.901. The summed E-state index contributed by atoms with van der Waals surface area (Å²) in [7, 11) is 0. The van der Waals surface area contributed by atoms with E-state index in [0.717, 1.165) is 30.1 Å². The zero-order valence-corrected chi connectivity index (χ0v) is 11.5. The molecule has 1 amide bonds. The first kappa shape index (κ1) is 12.1. The molecule has 2 aliphatic rings. The maximum atomic E-state index is 12.3. The number of likely N-dealkylation sites (tertiary alicyclic amines) is 1. The minimum atomic E-state index is 0.0472. The molecule has 1 aliphatic heterocycles. The first-order valence-corrected chi connectivity index (χ1v) is 7.56. The Morgan fingerprint density at radius 3 is 3.00 bits per heavy atom. The Kier molecular flexibility index (Phi) is 3.35. The Labute approximate surface area is 111 Å². The number of piperidine rings is 1. The second-order valence-electron chi connectivity index (χ2n) is 5.25. The summed E-state index contributed by atoms with van der Waals surface area (Å²) in [6.07, 6.45) is 4.55. The number of thiazole rings is 1. The molecule has 1 unspecified atom stereocenters.